The first-order valence-electron chi connectivity index (χ1n) is 9.77. The average Bonchev–Trinajstić information content (AvgIpc) is 2.59. The maximum atomic E-state index is 10.3. The van der Waals surface area contributed by atoms with Crippen molar-refractivity contribution in [2.45, 2.75) is 70.1 Å². The van der Waals surface area contributed by atoms with Gasteiger partial charge in [-0.15, -0.1) is 6.58 Å². The highest BCUT2D eigenvalue weighted by Crippen LogP contribution is 2.36. The van der Waals surface area contributed by atoms with Gasteiger partial charge in [-0.05, 0) is 70.4 Å². The third-order valence-corrected chi connectivity index (χ3v) is 5.71. The van der Waals surface area contributed by atoms with Crippen LogP contribution in [0.5, 0.6) is 5.75 Å². The van der Waals surface area contributed by atoms with Gasteiger partial charge in [0.25, 0.3) is 0 Å². The van der Waals surface area contributed by atoms with Crippen LogP contribution in [0.25, 0.3) is 0 Å². The molecule has 0 radical (unpaired) electrons. The summed E-state index contributed by atoms with van der Waals surface area (Å²) in [6.07, 6.45) is 6.47. The van der Waals surface area contributed by atoms with E-state index >= 15 is 0 Å². The maximum Gasteiger partial charge on any atom is 0.122 e. The van der Waals surface area contributed by atoms with E-state index in [0.29, 0.717) is 12.5 Å². The lowest BCUT2D eigenvalue weighted by atomic mass is 9.71. The van der Waals surface area contributed by atoms with Gasteiger partial charge in [-0.1, -0.05) is 24.3 Å². The lowest BCUT2D eigenvalue weighted by Crippen LogP contribution is -2.52. The van der Waals surface area contributed by atoms with Crippen LogP contribution in [0.15, 0.2) is 36.9 Å². The Labute approximate surface area is 158 Å². The number of allylic oxidation sites excluding steroid dienone is 1. The summed E-state index contributed by atoms with van der Waals surface area (Å²) in [5, 5.41) is 13.9. The van der Waals surface area contributed by atoms with Crippen molar-refractivity contribution in [1.82, 2.24) is 5.32 Å². The zero-order valence-electron chi connectivity index (χ0n) is 16.6. The molecule has 1 unspecified atom stereocenters. The largest absolute Gasteiger partial charge is 0.491 e. The molecule has 1 saturated carbocycles. The first kappa shape index (κ1) is 20.9. The topological polar surface area (TPSA) is 67.5 Å². The molecule has 0 aromatic heterocycles. The van der Waals surface area contributed by atoms with Gasteiger partial charge in [0.2, 0.25) is 0 Å². The minimum absolute atomic E-state index is 0.0151. The van der Waals surface area contributed by atoms with Crippen LogP contribution in [0, 0.1) is 5.92 Å². The molecule has 1 fully saturated rings. The summed E-state index contributed by atoms with van der Waals surface area (Å²) in [4.78, 5) is 0. The monoisotopic (exact) mass is 360 g/mol. The van der Waals surface area contributed by atoms with E-state index in [1.54, 1.807) is 0 Å². The van der Waals surface area contributed by atoms with E-state index in [4.69, 9.17) is 10.5 Å². The van der Waals surface area contributed by atoms with Crippen LogP contribution >= 0.6 is 0 Å². The lowest BCUT2D eigenvalue weighted by Gasteiger charge is -2.43. The predicted molar refractivity (Wildman–Crippen MR) is 108 cm³/mol. The third-order valence-electron chi connectivity index (χ3n) is 5.71. The van der Waals surface area contributed by atoms with Gasteiger partial charge in [0.05, 0.1) is 0 Å². The number of β-amino-alcohol motifs (C(OH)–C–C–N with tert-alkyl or cyclic N) is 1. The Kier molecular flexibility index (Phi) is 7.27. The summed E-state index contributed by atoms with van der Waals surface area (Å²) in [7, 11) is 0. The Morgan fingerprint density at radius 3 is 2.69 bits per heavy atom. The minimum atomic E-state index is -0.547. The number of aliphatic hydroxyl groups is 1. The van der Waals surface area contributed by atoms with Crippen LogP contribution in [0.4, 0.5) is 0 Å². The van der Waals surface area contributed by atoms with Gasteiger partial charge < -0.3 is 20.9 Å². The quantitative estimate of drug-likeness (QED) is 0.590. The Balaban J connectivity index is 1.79. The van der Waals surface area contributed by atoms with E-state index in [1.165, 1.54) is 0 Å². The van der Waals surface area contributed by atoms with Crippen LogP contribution in [0.2, 0.25) is 0 Å². The Morgan fingerprint density at radius 1 is 1.38 bits per heavy atom. The number of benzene rings is 1. The highest BCUT2D eigenvalue weighted by atomic mass is 16.5. The molecule has 4 N–H and O–H groups in total. The van der Waals surface area contributed by atoms with Crippen molar-refractivity contribution in [2.75, 3.05) is 13.2 Å². The van der Waals surface area contributed by atoms with Crippen molar-refractivity contribution in [3.05, 3.63) is 42.5 Å². The number of aliphatic hydroxyl groups excluding tert-OH is 1. The van der Waals surface area contributed by atoms with Crippen molar-refractivity contribution >= 4 is 0 Å². The summed E-state index contributed by atoms with van der Waals surface area (Å²) in [5.41, 5.74) is 7.31. The molecular formula is C22H36N2O2. The Hall–Kier alpha value is -1.36. The molecule has 26 heavy (non-hydrogen) atoms. The fraction of sp³-hybridized carbons (Fsp3) is 0.636. The molecule has 1 aromatic rings. The van der Waals surface area contributed by atoms with Crippen molar-refractivity contribution in [1.29, 1.82) is 0 Å². The van der Waals surface area contributed by atoms with E-state index < -0.39 is 6.10 Å². The van der Waals surface area contributed by atoms with Crippen LogP contribution in [0.1, 0.15) is 52.0 Å². The number of nitrogens with two attached hydrogens (primary N) is 1. The molecule has 1 aliphatic carbocycles. The predicted octanol–water partition coefficient (Wildman–Crippen LogP) is 3.43. The van der Waals surface area contributed by atoms with Gasteiger partial charge in [0.15, 0.2) is 0 Å². The van der Waals surface area contributed by atoms with Gasteiger partial charge in [-0.3, -0.25) is 0 Å². The highest BCUT2D eigenvalue weighted by molar-refractivity contribution is 5.34. The summed E-state index contributed by atoms with van der Waals surface area (Å²) >= 11 is 0. The van der Waals surface area contributed by atoms with Crippen LogP contribution in [0.3, 0.4) is 0 Å². The van der Waals surface area contributed by atoms with Crippen LogP contribution in [-0.2, 0) is 6.42 Å². The van der Waals surface area contributed by atoms with Crippen molar-refractivity contribution in [3.63, 3.8) is 0 Å². The average molecular weight is 361 g/mol. The molecule has 0 bridgehead atoms. The molecule has 0 spiro atoms. The second kappa shape index (κ2) is 9.03. The van der Waals surface area contributed by atoms with E-state index in [1.807, 2.05) is 30.3 Å². The van der Waals surface area contributed by atoms with Crippen molar-refractivity contribution < 1.29 is 9.84 Å². The standard InChI is InChI=1S/C22H36N2O2/c1-5-8-17-9-6-7-10-20(17)26-16-19(25)15-24-21(2,3)18-11-13-22(4,23)14-12-18/h5-7,9-10,18-19,24-25H,1,8,11-16,23H2,2-4H3. The fourth-order valence-corrected chi connectivity index (χ4v) is 3.74. The molecule has 4 nitrogen and oxygen atoms in total. The van der Waals surface area contributed by atoms with Gasteiger partial charge >= 0.3 is 0 Å². The summed E-state index contributed by atoms with van der Waals surface area (Å²) in [6.45, 7) is 11.2. The normalized spacial score (nSPS) is 24.9. The fourth-order valence-electron chi connectivity index (χ4n) is 3.74. The van der Waals surface area contributed by atoms with Gasteiger partial charge in [-0.25, -0.2) is 0 Å². The molecule has 2 rings (SSSR count). The van der Waals surface area contributed by atoms with E-state index in [-0.39, 0.29) is 17.7 Å². The summed E-state index contributed by atoms with van der Waals surface area (Å²) in [6, 6.07) is 7.90. The number of ether oxygens (including phenoxy) is 1. The zero-order valence-corrected chi connectivity index (χ0v) is 16.6. The first-order valence-corrected chi connectivity index (χ1v) is 9.77. The molecule has 146 valence electrons. The van der Waals surface area contributed by atoms with Crippen LogP contribution < -0.4 is 15.8 Å². The number of nitrogens with one attached hydrogen (secondary N) is 1. The van der Waals surface area contributed by atoms with Crippen LogP contribution in [-0.4, -0.2) is 35.4 Å². The molecule has 1 aromatic carbocycles. The molecule has 0 aliphatic heterocycles. The Bertz CT molecular complexity index is 573. The Morgan fingerprint density at radius 2 is 2.04 bits per heavy atom. The molecular weight excluding hydrogens is 324 g/mol. The molecule has 4 heteroatoms. The minimum Gasteiger partial charge on any atom is -0.491 e. The first-order chi connectivity index (χ1) is 12.2. The number of hydrogen-bond acceptors (Lipinski definition) is 4. The molecule has 0 amide bonds. The maximum absolute atomic E-state index is 10.3. The zero-order chi connectivity index (χ0) is 19.2. The molecule has 0 heterocycles. The summed E-state index contributed by atoms with van der Waals surface area (Å²) in [5.74, 6) is 1.40. The van der Waals surface area contributed by atoms with E-state index in [0.717, 1.165) is 43.4 Å². The van der Waals surface area contributed by atoms with Crippen molar-refractivity contribution in [3.8, 4) is 5.75 Å². The number of rotatable bonds is 9. The third kappa shape index (κ3) is 6.11. The van der Waals surface area contributed by atoms with Crippen molar-refractivity contribution in [2.24, 2.45) is 11.7 Å². The highest BCUT2D eigenvalue weighted by Gasteiger charge is 2.35. The number of hydrogen-bond donors (Lipinski definition) is 3. The van der Waals surface area contributed by atoms with E-state index in [9.17, 15) is 5.11 Å². The second-order valence-electron chi connectivity index (χ2n) is 8.60. The second-order valence-corrected chi connectivity index (χ2v) is 8.60. The van der Waals surface area contributed by atoms with Gasteiger partial charge in [0.1, 0.15) is 18.5 Å². The SMILES string of the molecule is C=CCc1ccccc1OCC(O)CNC(C)(C)C1CCC(C)(N)CC1. The van der Waals surface area contributed by atoms with Gasteiger partial charge in [0, 0.05) is 17.6 Å². The smallest absolute Gasteiger partial charge is 0.122 e. The molecule has 1 atom stereocenters. The van der Waals surface area contributed by atoms with E-state index in [2.05, 4.69) is 32.7 Å². The number of para-hydroxylation sites is 1. The molecule has 1 aliphatic rings. The summed E-state index contributed by atoms with van der Waals surface area (Å²) < 4.78 is 5.84. The molecule has 0 saturated heterocycles. The van der Waals surface area contributed by atoms with Gasteiger partial charge in [-0.2, -0.15) is 0 Å². The lowest BCUT2D eigenvalue weighted by molar-refractivity contribution is 0.0841.